The molecule has 0 aliphatic carbocycles. The highest BCUT2D eigenvalue weighted by atomic mass is 32.1. The van der Waals surface area contributed by atoms with E-state index in [1.165, 1.54) is 0 Å². The van der Waals surface area contributed by atoms with Crippen LogP contribution < -0.4 is 5.32 Å². The maximum atomic E-state index is 11.8. The molecule has 1 aliphatic heterocycles. The van der Waals surface area contributed by atoms with Gasteiger partial charge in [-0.2, -0.15) is 0 Å². The van der Waals surface area contributed by atoms with E-state index in [1.807, 2.05) is 23.3 Å². The van der Waals surface area contributed by atoms with Gasteiger partial charge in [0.1, 0.15) is 0 Å². The van der Waals surface area contributed by atoms with Gasteiger partial charge in [-0.15, -0.1) is 11.3 Å². The molecule has 0 saturated carbocycles. The normalized spacial score (nSPS) is 19.0. The van der Waals surface area contributed by atoms with E-state index in [9.17, 15) is 9.59 Å². The average Bonchev–Trinajstić information content (AvgIpc) is 2.86. The first kappa shape index (κ1) is 15.7. The molecule has 21 heavy (non-hydrogen) atoms. The van der Waals surface area contributed by atoms with Gasteiger partial charge in [0.25, 0.3) is 0 Å². The van der Waals surface area contributed by atoms with Crippen LogP contribution in [-0.2, 0) is 16.1 Å². The molecule has 6 heteroatoms. The molecule has 1 atom stereocenters. The zero-order valence-corrected chi connectivity index (χ0v) is 12.7. The Hall–Kier alpha value is -1.68. The number of hydrogen-bond donors (Lipinski definition) is 2. The highest BCUT2D eigenvalue weighted by molar-refractivity contribution is 7.10. The first-order chi connectivity index (χ1) is 10.1. The molecule has 1 aromatic rings. The lowest BCUT2D eigenvalue weighted by Crippen LogP contribution is -2.57. The van der Waals surface area contributed by atoms with Gasteiger partial charge in [0.2, 0.25) is 11.8 Å². The minimum atomic E-state index is -0.256. The fraction of sp³-hybridized carbons (Fsp3) is 0.467. The summed E-state index contributed by atoms with van der Waals surface area (Å²) in [6.45, 7) is 2.82. The number of carbonyl (C=O) groups excluding carboxylic acids is 2. The van der Waals surface area contributed by atoms with Crippen molar-refractivity contribution in [2.24, 2.45) is 0 Å². The van der Waals surface area contributed by atoms with Crippen molar-refractivity contribution in [2.75, 3.05) is 13.2 Å². The second kappa shape index (κ2) is 7.36. The number of carbonyl (C=O) groups is 2. The van der Waals surface area contributed by atoms with E-state index in [0.29, 0.717) is 19.4 Å². The molecule has 1 saturated heterocycles. The summed E-state index contributed by atoms with van der Waals surface area (Å²) in [6.07, 6.45) is 1.14. The number of nitrogens with zero attached hydrogens (tertiary/aromatic N) is 1. The average molecular weight is 306 g/mol. The predicted molar refractivity (Wildman–Crippen MR) is 80.5 cm³/mol. The number of rotatable bonds is 4. The zero-order chi connectivity index (χ0) is 15.2. The van der Waals surface area contributed by atoms with Crippen LogP contribution in [0.4, 0.5) is 0 Å². The number of nitrogens with one attached hydrogen (secondary N) is 1. The van der Waals surface area contributed by atoms with E-state index in [0.717, 1.165) is 10.4 Å². The van der Waals surface area contributed by atoms with Crippen LogP contribution in [0.1, 0.15) is 30.2 Å². The van der Waals surface area contributed by atoms with Crippen LogP contribution in [0.3, 0.4) is 0 Å². The lowest BCUT2D eigenvalue weighted by atomic mass is 10.1. The molecule has 0 bridgehead atoms. The molecule has 0 spiro atoms. The molecule has 0 radical (unpaired) electrons. The fourth-order valence-electron chi connectivity index (χ4n) is 2.28. The quantitative estimate of drug-likeness (QED) is 0.635. The van der Waals surface area contributed by atoms with E-state index in [4.69, 9.17) is 5.11 Å². The summed E-state index contributed by atoms with van der Waals surface area (Å²) in [5.41, 5.74) is 0.907. The van der Waals surface area contributed by atoms with E-state index >= 15 is 0 Å². The summed E-state index contributed by atoms with van der Waals surface area (Å²) in [5.74, 6) is 5.40. The lowest BCUT2D eigenvalue weighted by Gasteiger charge is -2.32. The molecule has 2 amide bonds. The van der Waals surface area contributed by atoms with Crippen molar-refractivity contribution in [3.05, 3.63) is 21.9 Å². The van der Waals surface area contributed by atoms with Crippen molar-refractivity contribution >= 4 is 23.2 Å². The molecule has 0 aromatic carbocycles. The zero-order valence-electron chi connectivity index (χ0n) is 11.9. The molecular weight excluding hydrogens is 288 g/mol. The van der Waals surface area contributed by atoms with Gasteiger partial charge in [-0.05, 0) is 12.5 Å². The smallest absolute Gasteiger partial charge is 0.243 e. The van der Waals surface area contributed by atoms with Gasteiger partial charge >= 0.3 is 0 Å². The van der Waals surface area contributed by atoms with Crippen molar-refractivity contribution in [3.8, 4) is 11.8 Å². The second-order valence-electron chi connectivity index (χ2n) is 4.82. The Morgan fingerprint density at radius 1 is 1.52 bits per heavy atom. The summed E-state index contributed by atoms with van der Waals surface area (Å²) in [5, 5.41) is 13.0. The number of hydrogen-bond acceptors (Lipinski definition) is 5. The Kier molecular flexibility index (Phi) is 5.51. The van der Waals surface area contributed by atoms with Crippen molar-refractivity contribution < 1.29 is 14.7 Å². The molecule has 1 fully saturated rings. The summed E-state index contributed by atoms with van der Waals surface area (Å²) >= 11 is 1.57. The summed E-state index contributed by atoms with van der Waals surface area (Å²) in [7, 11) is 0. The molecule has 2 heterocycles. The van der Waals surface area contributed by atoms with Crippen LogP contribution in [-0.4, -0.2) is 41.0 Å². The van der Waals surface area contributed by atoms with Gasteiger partial charge in [0, 0.05) is 28.8 Å². The second-order valence-corrected chi connectivity index (χ2v) is 5.81. The Balaban J connectivity index is 2.05. The van der Waals surface area contributed by atoms with Crippen molar-refractivity contribution in [2.45, 2.75) is 32.4 Å². The molecule has 5 nitrogen and oxygen atoms in total. The van der Waals surface area contributed by atoms with Crippen LogP contribution in [0.15, 0.2) is 11.4 Å². The minimum Gasteiger partial charge on any atom is -0.395 e. The molecule has 1 aliphatic rings. The van der Waals surface area contributed by atoms with E-state index in [-0.39, 0.29) is 31.0 Å². The number of aliphatic hydroxyl groups is 1. The standard InChI is InChI=1S/C15H18N2O3S/c1-2-13-15(20)16-14(19)9-17(13)8-12-7-11(10-21-12)5-3-4-6-18/h7,10,13,18H,2,4,6,8-9H2,1H3,(H,16,19,20). The first-order valence-electron chi connectivity index (χ1n) is 6.89. The van der Waals surface area contributed by atoms with Gasteiger partial charge in [-0.25, -0.2) is 0 Å². The third-order valence-corrected chi connectivity index (χ3v) is 4.14. The Morgan fingerprint density at radius 2 is 2.33 bits per heavy atom. The molecule has 1 aromatic heterocycles. The number of aliphatic hydroxyl groups excluding tert-OH is 1. The van der Waals surface area contributed by atoms with Gasteiger partial charge in [0.05, 0.1) is 19.2 Å². The van der Waals surface area contributed by atoms with E-state index in [2.05, 4.69) is 17.2 Å². The molecule has 112 valence electrons. The van der Waals surface area contributed by atoms with Gasteiger partial charge in [-0.3, -0.25) is 19.8 Å². The topological polar surface area (TPSA) is 69.6 Å². The lowest BCUT2D eigenvalue weighted by molar-refractivity contribution is -0.140. The van der Waals surface area contributed by atoms with Gasteiger partial charge < -0.3 is 5.11 Å². The summed E-state index contributed by atoms with van der Waals surface area (Å²) < 4.78 is 0. The maximum absolute atomic E-state index is 11.8. The SMILES string of the molecule is CCC1C(=O)NC(=O)CN1Cc1cc(C#CCCO)cs1. The van der Waals surface area contributed by atoms with Crippen molar-refractivity contribution in [1.82, 2.24) is 10.2 Å². The Morgan fingerprint density at radius 3 is 3.05 bits per heavy atom. The number of amides is 2. The highest BCUT2D eigenvalue weighted by Gasteiger charge is 2.32. The number of thiophene rings is 1. The highest BCUT2D eigenvalue weighted by Crippen LogP contribution is 2.19. The van der Waals surface area contributed by atoms with Crippen LogP contribution in [0.25, 0.3) is 0 Å². The van der Waals surface area contributed by atoms with Crippen LogP contribution in [0, 0.1) is 11.8 Å². The van der Waals surface area contributed by atoms with Crippen molar-refractivity contribution in [3.63, 3.8) is 0 Å². The third-order valence-electron chi connectivity index (χ3n) is 3.22. The van der Waals surface area contributed by atoms with E-state index in [1.54, 1.807) is 11.3 Å². The minimum absolute atomic E-state index is 0.0627. The fourth-order valence-corrected chi connectivity index (χ4v) is 3.12. The largest absolute Gasteiger partial charge is 0.395 e. The molecule has 2 N–H and O–H groups in total. The predicted octanol–water partition coefficient (Wildman–Crippen LogP) is 0.719. The Labute approximate surface area is 128 Å². The van der Waals surface area contributed by atoms with Crippen LogP contribution >= 0.6 is 11.3 Å². The van der Waals surface area contributed by atoms with Crippen LogP contribution in [0.5, 0.6) is 0 Å². The van der Waals surface area contributed by atoms with Crippen molar-refractivity contribution in [1.29, 1.82) is 0 Å². The van der Waals surface area contributed by atoms with E-state index < -0.39 is 0 Å². The van der Waals surface area contributed by atoms with Gasteiger partial charge in [0.15, 0.2) is 0 Å². The number of piperazine rings is 1. The first-order valence-corrected chi connectivity index (χ1v) is 7.77. The Bertz CT molecular complexity index is 585. The summed E-state index contributed by atoms with van der Waals surface area (Å²) in [4.78, 5) is 26.3. The number of imide groups is 1. The summed E-state index contributed by atoms with van der Waals surface area (Å²) in [6, 6.07) is 1.72. The molecule has 1 unspecified atom stereocenters. The maximum Gasteiger partial charge on any atom is 0.243 e. The molecule has 2 rings (SSSR count). The third kappa shape index (κ3) is 4.14. The van der Waals surface area contributed by atoms with Crippen LogP contribution in [0.2, 0.25) is 0 Å². The van der Waals surface area contributed by atoms with Gasteiger partial charge in [-0.1, -0.05) is 18.8 Å². The molecular formula is C15H18N2O3S. The monoisotopic (exact) mass is 306 g/mol.